The maximum absolute atomic E-state index is 12.5. The van der Waals surface area contributed by atoms with Gasteiger partial charge < -0.3 is 15.2 Å². The number of amides is 1. The molecule has 1 amide bonds. The molecule has 3 rings (SSSR count). The average Bonchev–Trinajstić information content (AvgIpc) is 3.16. The molecule has 0 saturated heterocycles. The number of carbonyl (C=O) groups excluding carboxylic acids is 1. The summed E-state index contributed by atoms with van der Waals surface area (Å²) in [6.45, 7) is 5.59. The van der Waals surface area contributed by atoms with E-state index in [0.717, 1.165) is 11.1 Å². The monoisotopic (exact) mass is 429 g/mol. The third-order valence-electron chi connectivity index (χ3n) is 4.39. The number of aromatic hydroxyl groups is 1. The third-order valence-corrected chi connectivity index (χ3v) is 6.12. The predicted octanol–water partition coefficient (Wildman–Crippen LogP) is 3.29. The number of hydrogen-bond acceptors (Lipinski definition) is 6. The van der Waals surface area contributed by atoms with Crippen LogP contribution in [0.2, 0.25) is 0 Å². The summed E-state index contributed by atoms with van der Waals surface area (Å²) in [7, 11) is -3.47. The van der Waals surface area contributed by atoms with Crippen LogP contribution in [0.25, 0.3) is 0 Å². The van der Waals surface area contributed by atoms with Crippen LogP contribution in [0.15, 0.2) is 53.6 Å². The standard InChI is InChI=1S/C21H23N3O5S/c1-4-30(27,28)17-5-6-20(25)19(12-17)22-21(26)18-7-8-24(23-18)13-29-16-10-14(2)9-15(3)11-16/h5-12,25H,4,13H2,1-3H3,(H,22,26). The molecule has 0 saturated carbocycles. The number of hydrogen-bond donors (Lipinski definition) is 2. The van der Waals surface area contributed by atoms with Gasteiger partial charge in [-0.1, -0.05) is 13.0 Å². The van der Waals surface area contributed by atoms with Gasteiger partial charge in [0.05, 0.1) is 16.3 Å². The van der Waals surface area contributed by atoms with Gasteiger partial charge in [0.25, 0.3) is 5.91 Å². The molecular weight excluding hydrogens is 406 g/mol. The van der Waals surface area contributed by atoms with E-state index < -0.39 is 15.7 Å². The lowest BCUT2D eigenvalue weighted by molar-refractivity contribution is 0.101. The molecule has 3 aromatic rings. The van der Waals surface area contributed by atoms with Crippen LogP contribution >= 0.6 is 0 Å². The van der Waals surface area contributed by atoms with Crippen molar-refractivity contribution in [2.75, 3.05) is 11.1 Å². The zero-order chi connectivity index (χ0) is 21.9. The van der Waals surface area contributed by atoms with Gasteiger partial charge in [0.1, 0.15) is 11.5 Å². The molecule has 9 heteroatoms. The van der Waals surface area contributed by atoms with Crippen LogP contribution in [0.1, 0.15) is 28.5 Å². The Balaban J connectivity index is 1.70. The summed E-state index contributed by atoms with van der Waals surface area (Å²) < 4.78 is 31.2. The molecule has 0 spiro atoms. The molecule has 8 nitrogen and oxygen atoms in total. The summed E-state index contributed by atoms with van der Waals surface area (Å²) in [4.78, 5) is 12.5. The smallest absolute Gasteiger partial charge is 0.276 e. The molecule has 0 aliphatic rings. The summed E-state index contributed by atoms with van der Waals surface area (Å²) in [5.41, 5.74) is 2.26. The molecule has 0 fully saturated rings. The molecule has 0 unspecified atom stereocenters. The number of phenolic OH excluding ortho intramolecular Hbond substituents is 1. The minimum atomic E-state index is -3.47. The molecule has 0 aliphatic heterocycles. The number of nitrogens with one attached hydrogen (secondary N) is 1. The van der Waals surface area contributed by atoms with E-state index in [1.54, 1.807) is 6.20 Å². The number of anilines is 1. The van der Waals surface area contributed by atoms with Crippen LogP contribution in [0.3, 0.4) is 0 Å². The number of benzene rings is 2. The van der Waals surface area contributed by atoms with E-state index in [1.807, 2.05) is 32.0 Å². The first-order valence-corrected chi connectivity index (χ1v) is 10.9. The van der Waals surface area contributed by atoms with Crippen molar-refractivity contribution in [3.63, 3.8) is 0 Å². The minimum absolute atomic E-state index is 0.00411. The number of rotatable bonds is 7. The topological polar surface area (TPSA) is 111 Å². The zero-order valence-corrected chi connectivity index (χ0v) is 17.7. The van der Waals surface area contributed by atoms with Crippen molar-refractivity contribution in [2.45, 2.75) is 32.4 Å². The van der Waals surface area contributed by atoms with Crippen molar-refractivity contribution in [3.8, 4) is 11.5 Å². The lowest BCUT2D eigenvalue weighted by atomic mass is 10.1. The summed E-state index contributed by atoms with van der Waals surface area (Å²) in [6, 6.07) is 11.1. The number of ether oxygens (including phenoxy) is 1. The Bertz CT molecular complexity index is 1160. The van der Waals surface area contributed by atoms with E-state index in [0.29, 0.717) is 5.75 Å². The quantitative estimate of drug-likeness (QED) is 0.558. The molecule has 30 heavy (non-hydrogen) atoms. The Labute approximate surface area is 175 Å². The molecule has 0 radical (unpaired) electrons. The van der Waals surface area contributed by atoms with Gasteiger partial charge in [-0.3, -0.25) is 4.79 Å². The molecule has 0 bridgehead atoms. The molecule has 0 atom stereocenters. The van der Waals surface area contributed by atoms with E-state index in [4.69, 9.17) is 4.74 Å². The number of nitrogens with zero attached hydrogens (tertiary/aromatic N) is 2. The van der Waals surface area contributed by atoms with Gasteiger partial charge in [0.15, 0.2) is 22.3 Å². The van der Waals surface area contributed by atoms with Crippen LogP contribution < -0.4 is 10.1 Å². The van der Waals surface area contributed by atoms with Crippen LogP contribution in [-0.4, -0.2) is 35.0 Å². The Hall–Kier alpha value is -3.33. The Morgan fingerprint density at radius 2 is 1.83 bits per heavy atom. The fourth-order valence-electron chi connectivity index (χ4n) is 2.87. The second kappa shape index (κ2) is 8.58. The van der Waals surface area contributed by atoms with Crippen molar-refractivity contribution in [1.82, 2.24) is 9.78 Å². The first-order chi connectivity index (χ1) is 14.2. The van der Waals surface area contributed by atoms with Gasteiger partial charge in [0, 0.05) is 6.20 Å². The van der Waals surface area contributed by atoms with Gasteiger partial charge >= 0.3 is 0 Å². The van der Waals surface area contributed by atoms with Crippen LogP contribution in [0, 0.1) is 13.8 Å². The van der Waals surface area contributed by atoms with Crippen molar-refractivity contribution in [3.05, 3.63) is 65.5 Å². The summed E-state index contributed by atoms with van der Waals surface area (Å²) >= 11 is 0. The Morgan fingerprint density at radius 1 is 1.13 bits per heavy atom. The number of sulfone groups is 1. The van der Waals surface area contributed by atoms with E-state index in [1.165, 1.54) is 35.9 Å². The van der Waals surface area contributed by atoms with Crippen LogP contribution in [0.4, 0.5) is 5.69 Å². The minimum Gasteiger partial charge on any atom is -0.506 e. The van der Waals surface area contributed by atoms with E-state index in [2.05, 4.69) is 10.4 Å². The Kier molecular flexibility index (Phi) is 6.12. The number of phenols is 1. The van der Waals surface area contributed by atoms with Crippen LogP contribution in [0.5, 0.6) is 11.5 Å². The highest BCUT2D eigenvalue weighted by molar-refractivity contribution is 7.91. The molecule has 2 aromatic carbocycles. The van der Waals surface area contributed by atoms with Gasteiger partial charge in [-0.15, -0.1) is 0 Å². The number of carbonyl (C=O) groups is 1. The molecule has 1 aromatic heterocycles. The van der Waals surface area contributed by atoms with E-state index in [-0.39, 0.29) is 34.5 Å². The first kappa shape index (κ1) is 21.4. The van der Waals surface area contributed by atoms with Crippen molar-refractivity contribution in [2.24, 2.45) is 0 Å². The highest BCUT2D eigenvalue weighted by Gasteiger charge is 2.17. The molecule has 2 N–H and O–H groups in total. The second-order valence-electron chi connectivity index (χ2n) is 6.87. The maximum atomic E-state index is 12.5. The third kappa shape index (κ3) is 4.98. The second-order valence-corrected chi connectivity index (χ2v) is 9.15. The van der Waals surface area contributed by atoms with Crippen molar-refractivity contribution in [1.29, 1.82) is 0 Å². The number of aryl methyl sites for hydroxylation is 2. The normalized spacial score (nSPS) is 11.3. The van der Waals surface area contributed by atoms with E-state index >= 15 is 0 Å². The van der Waals surface area contributed by atoms with Gasteiger partial charge in [0.2, 0.25) is 0 Å². The van der Waals surface area contributed by atoms with Crippen molar-refractivity contribution < 1.29 is 23.1 Å². The summed E-state index contributed by atoms with van der Waals surface area (Å²) in [5, 5.41) is 16.6. The SMILES string of the molecule is CCS(=O)(=O)c1ccc(O)c(NC(=O)c2ccn(COc3cc(C)cc(C)c3)n2)c1. The number of aromatic nitrogens is 2. The molecule has 0 aliphatic carbocycles. The highest BCUT2D eigenvalue weighted by atomic mass is 32.2. The maximum Gasteiger partial charge on any atom is 0.276 e. The summed E-state index contributed by atoms with van der Waals surface area (Å²) in [5.74, 6) is -0.207. The lowest BCUT2D eigenvalue weighted by Gasteiger charge is -2.09. The van der Waals surface area contributed by atoms with E-state index in [9.17, 15) is 18.3 Å². The Morgan fingerprint density at radius 3 is 2.50 bits per heavy atom. The van der Waals surface area contributed by atoms with Crippen LogP contribution in [-0.2, 0) is 16.6 Å². The summed E-state index contributed by atoms with van der Waals surface area (Å²) in [6.07, 6.45) is 1.59. The molecule has 1 heterocycles. The molecule has 158 valence electrons. The first-order valence-electron chi connectivity index (χ1n) is 9.29. The zero-order valence-electron chi connectivity index (χ0n) is 16.9. The average molecular weight is 429 g/mol. The predicted molar refractivity (Wildman–Crippen MR) is 113 cm³/mol. The van der Waals surface area contributed by atoms with Gasteiger partial charge in [-0.25, -0.2) is 13.1 Å². The van der Waals surface area contributed by atoms with Gasteiger partial charge in [-0.05, 0) is 61.4 Å². The fourth-order valence-corrected chi connectivity index (χ4v) is 3.78. The largest absolute Gasteiger partial charge is 0.506 e. The van der Waals surface area contributed by atoms with Gasteiger partial charge in [-0.2, -0.15) is 5.10 Å². The van der Waals surface area contributed by atoms with Crippen molar-refractivity contribution >= 4 is 21.4 Å². The fraction of sp³-hybridized carbons (Fsp3) is 0.238. The molecular formula is C21H23N3O5S. The lowest BCUT2D eigenvalue weighted by Crippen LogP contribution is -2.15. The highest BCUT2D eigenvalue weighted by Crippen LogP contribution is 2.27.